The molecule has 2 aromatic carbocycles. The molecule has 0 aliphatic carbocycles. The highest BCUT2D eigenvalue weighted by Gasteiger charge is 2.13. The molecular formula is C17H12N4O. The van der Waals surface area contributed by atoms with Crippen LogP contribution in [0.15, 0.2) is 67.0 Å². The Balaban J connectivity index is 2.04. The Morgan fingerprint density at radius 3 is 2.50 bits per heavy atom. The van der Waals surface area contributed by atoms with Gasteiger partial charge in [-0.1, -0.05) is 24.3 Å². The molecule has 22 heavy (non-hydrogen) atoms. The number of hydrogen-bond donors (Lipinski definition) is 1. The lowest BCUT2D eigenvalue weighted by atomic mass is 10.1. The first-order valence-corrected chi connectivity index (χ1v) is 6.88. The van der Waals surface area contributed by atoms with Crippen LogP contribution in [-0.4, -0.2) is 24.9 Å². The van der Waals surface area contributed by atoms with Crippen molar-refractivity contribution in [3.8, 4) is 23.0 Å². The third kappa shape index (κ3) is 2.00. The summed E-state index contributed by atoms with van der Waals surface area (Å²) in [7, 11) is 0. The molecule has 0 aliphatic heterocycles. The maximum absolute atomic E-state index is 10.1. The van der Waals surface area contributed by atoms with Crippen molar-refractivity contribution in [2.45, 2.75) is 0 Å². The summed E-state index contributed by atoms with van der Waals surface area (Å²) in [6.07, 6.45) is 3.54. The highest BCUT2D eigenvalue weighted by molar-refractivity contribution is 5.87. The minimum atomic E-state index is 0.157. The Bertz CT molecular complexity index is 948. The smallest absolute Gasteiger partial charge is 0.165 e. The summed E-state index contributed by atoms with van der Waals surface area (Å²) < 4.78 is 1.70. The van der Waals surface area contributed by atoms with Gasteiger partial charge in [0.15, 0.2) is 11.6 Å². The number of aromatic hydroxyl groups is 1. The van der Waals surface area contributed by atoms with Crippen LogP contribution in [0.1, 0.15) is 0 Å². The van der Waals surface area contributed by atoms with E-state index in [2.05, 4.69) is 15.1 Å². The number of rotatable bonds is 2. The Kier molecular flexibility index (Phi) is 2.83. The zero-order chi connectivity index (χ0) is 14.9. The van der Waals surface area contributed by atoms with Gasteiger partial charge in [-0.25, -0.2) is 14.6 Å². The van der Waals surface area contributed by atoms with Gasteiger partial charge in [-0.05, 0) is 30.3 Å². The van der Waals surface area contributed by atoms with Crippen LogP contribution < -0.4 is 0 Å². The van der Waals surface area contributed by atoms with E-state index >= 15 is 0 Å². The first-order chi connectivity index (χ1) is 10.8. The van der Waals surface area contributed by atoms with Crippen LogP contribution in [0.3, 0.4) is 0 Å². The number of aromatic nitrogens is 4. The van der Waals surface area contributed by atoms with Crippen molar-refractivity contribution in [3.63, 3.8) is 0 Å². The third-order valence-electron chi connectivity index (χ3n) is 3.45. The van der Waals surface area contributed by atoms with Crippen LogP contribution >= 0.6 is 0 Å². The van der Waals surface area contributed by atoms with Crippen LogP contribution in [0, 0.1) is 0 Å². The summed E-state index contributed by atoms with van der Waals surface area (Å²) in [4.78, 5) is 9.17. The van der Waals surface area contributed by atoms with Crippen LogP contribution in [0.2, 0.25) is 0 Å². The maximum Gasteiger partial charge on any atom is 0.165 e. The molecule has 2 heterocycles. The van der Waals surface area contributed by atoms with Gasteiger partial charge in [-0.3, -0.25) is 0 Å². The SMILES string of the molecule is Oc1ccccc1-c1nc(-n2cccn2)c2ccccc2n1. The van der Waals surface area contributed by atoms with Gasteiger partial charge < -0.3 is 5.11 Å². The quantitative estimate of drug-likeness (QED) is 0.615. The summed E-state index contributed by atoms with van der Waals surface area (Å²) in [5.74, 6) is 1.32. The van der Waals surface area contributed by atoms with E-state index < -0.39 is 0 Å². The van der Waals surface area contributed by atoms with E-state index in [1.165, 1.54) is 0 Å². The average molecular weight is 288 g/mol. The molecule has 106 valence electrons. The minimum absolute atomic E-state index is 0.157. The Labute approximate surface area is 126 Å². The van der Waals surface area contributed by atoms with E-state index in [4.69, 9.17) is 0 Å². The normalized spacial score (nSPS) is 10.9. The fourth-order valence-electron chi connectivity index (χ4n) is 2.41. The van der Waals surface area contributed by atoms with Crippen molar-refractivity contribution < 1.29 is 5.11 Å². The fourth-order valence-corrected chi connectivity index (χ4v) is 2.41. The van der Waals surface area contributed by atoms with Gasteiger partial charge in [-0.2, -0.15) is 5.10 Å². The number of para-hydroxylation sites is 2. The molecule has 1 N–H and O–H groups in total. The fraction of sp³-hybridized carbons (Fsp3) is 0. The Hall–Kier alpha value is -3.21. The third-order valence-corrected chi connectivity index (χ3v) is 3.45. The number of nitrogens with zero attached hydrogens (tertiary/aromatic N) is 4. The van der Waals surface area contributed by atoms with E-state index in [1.54, 1.807) is 29.1 Å². The van der Waals surface area contributed by atoms with Crippen molar-refractivity contribution in [2.24, 2.45) is 0 Å². The van der Waals surface area contributed by atoms with Gasteiger partial charge in [0.05, 0.1) is 11.1 Å². The first-order valence-electron chi connectivity index (χ1n) is 6.88. The molecule has 0 aliphatic rings. The van der Waals surface area contributed by atoms with E-state index in [1.807, 2.05) is 42.6 Å². The lowest BCUT2D eigenvalue weighted by Gasteiger charge is -2.09. The summed E-state index contributed by atoms with van der Waals surface area (Å²) in [6, 6.07) is 16.6. The zero-order valence-electron chi connectivity index (χ0n) is 11.6. The highest BCUT2D eigenvalue weighted by Crippen LogP contribution is 2.29. The lowest BCUT2D eigenvalue weighted by molar-refractivity contribution is 0.477. The second kappa shape index (κ2) is 4.96. The van der Waals surface area contributed by atoms with Crippen molar-refractivity contribution in [3.05, 3.63) is 67.0 Å². The van der Waals surface area contributed by atoms with Gasteiger partial charge in [0.25, 0.3) is 0 Å². The monoisotopic (exact) mass is 288 g/mol. The molecule has 0 spiro atoms. The van der Waals surface area contributed by atoms with Gasteiger partial charge in [0, 0.05) is 17.8 Å². The zero-order valence-corrected chi connectivity index (χ0v) is 11.6. The van der Waals surface area contributed by atoms with Gasteiger partial charge in [0.1, 0.15) is 5.75 Å². The molecule has 0 unspecified atom stereocenters. The molecule has 0 atom stereocenters. The first kappa shape index (κ1) is 12.5. The van der Waals surface area contributed by atoms with E-state index in [0.29, 0.717) is 17.2 Å². The number of phenolic OH excluding ortho intramolecular Hbond substituents is 1. The largest absolute Gasteiger partial charge is 0.507 e. The Morgan fingerprint density at radius 1 is 0.864 bits per heavy atom. The highest BCUT2D eigenvalue weighted by atomic mass is 16.3. The molecule has 5 nitrogen and oxygen atoms in total. The van der Waals surface area contributed by atoms with Crippen LogP contribution in [-0.2, 0) is 0 Å². The summed E-state index contributed by atoms with van der Waals surface area (Å²) in [6.45, 7) is 0. The average Bonchev–Trinajstić information content (AvgIpc) is 3.08. The van der Waals surface area contributed by atoms with Crippen LogP contribution in [0.4, 0.5) is 0 Å². The molecule has 0 bridgehead atoms. The Morgan fingerprint density at radius 2 is 1.68 bits per heavy atom. The standard InChI is InChI=1S/C17H12N4O/c22-15-9-4-2-7-13(15)16-19-14-8-3-1-6-12(14)17(20-16)21-11-5-10-18-21/h1-11,22H. The minimum Gasteiger partial charge on any atom is -0.507 e. The van der Waals surface area contributed by atoms with E-state index in [9.17, 15) is 5.11 Å². The topological polar surface area (TPSA) is 63.8 Å². The van der Waals surface area contributed by atoms with Crippen molar-refractivity contribution in [1.82, 2.24) is 19.7 Å². The molecule has 0 fully saturated rings. The van der Waals surface area contributed by atoms with E-state index in [0.717, 1.165) is 10.9 Å². The molecule has 5 heteroatoms. The number of fused-ring (bicyclic) bond motifs is 1. The van der Waals surface area contributed by atoms with Crippen molar-refractivity contribution in [2.75, 3.05) is 0 Å². The van der Waals surface area contributed by atoms with Gasteiger partial charge in [-0.15, -0.1) is 0 Å². The summed E-state index contributed by atoms with van der Waals surface area (Å²) in [5.41, 5.74) is 1.41. The molecule has 0 saturated heterocycles. The molecule has 4 aromatic rings. The lowest BCUT2D eigenvalue weighted by Crippen LogP contribution is -2.02. The van der Waals surface area contributed by atoms with Crippen molar-refractivity contribution in [1.29, 1.82) is 0 Å². The maximum atomic E-state index is 10.1. The van der Waals surface area contributed by atoms with Crippen molar-refractivity contribution >= 4 is 10.9 Å². The predicted octanol–water partition coefficient (Wildman–Crippen LogP) is 3.19. The number of phenols is 1. The molecule has 0 radical (unpaired) electrons. The van der Waals surface area contributed by atoms with Crippen LogP contribution in [0.5, 0.6) is 5.75 Å². The van der Waals surface area contributed by atoms with E-state index in [-0.39, 0.29) is 5.75 Å². The molecule has 0 amide bonds. The predicted molar refractivity (Wildman–Crippen MR) is 83.8 cm³/mol. The van der Waals surface area contributed by atoms with Gasteiger partial charge >= 0.3 is 0 Å². The number of hydrogen-bond acceptors (Lipinski definition) is 4. The molecule has 0 saturated carbocycles. The molecular weight excluding hydrogens is 276 g/mol. The van der Waals surface area contributed by atoms with Gasteiger partial charge in [0.2, 0.25) is 0 Å². The summed E-state index contributed by atoms with van der Waals surface area (Å²) in [5, 5.41) is 15.2. The second-order valence-corrected chi connectivity index (χ2v) is 4.86. The molecule has 2 aromatic heterocycles. The van der Waals surface area contributed by atoms with Crippen LogP contribution in [0.25, 0.3) is 28.1 Å². The summed E-state index contributed by atoms with van der Waals surface area (Å²) >= 11 is 0. The number of benzene rings is 2. The molecule has 4 rings (SSSR count). The second-order valence-electron chi connectivity index (χ2n) is 4.86.